The molecule has 24 heavy (non-hydrogen) atoms. The van der Waals surface area contributed by atoms with Crippen molar-refractivity contribution in [2.24, 2.45) is 0 Å². The Kier molecular flexibility index (Phi) is 6.82. The van der Waals surface area contributed by atoms with E-state index in [2.05, 4.69) is 17.4 Å². The molecule has 0 fully saturated rings. The predicted molar refractivity (Wildman–Crippen MR) is 98.5 cm³/mol. The van der Waals surface area contributed by atoms with Gasteiger partial charge in [0.25, 0.3) is 5.91 Å². The molecule has 0 aliphatic heterocycles. The first kappa shape index (κ1) is 18.0. The molecule has 2 rings (SSSR count). The molecular formula is C20H26N2O2. The smallest absolute Gasteiger partial charge is 0.251 e. The summed E-state index contributed by atoms with van der Waals surface area (Å²) >= 11 is 0. The number of carbonyl (C=O) groups is 1. The fourth-order valence-corrected chi connectivity index (χ4v) is 2.37. The lowest BCUT2D eigenvalue weighted by atomic mass is 10.1. The van der Waals surface area contributed by atoms with Crippen LogP contribution in [0.3, 0.4) is 0 Å². The van der Waals surface area contributed by atoms with Crippen molar-refractivity contribution in [2.75, 3.05) is 32.1 Å². The minimum atomic E-state index is -0.0450. The van der Waals surface area contributed by atoms with Gasteiger partial charge in [0.05, 0.1) is 6.10 Å². The Morgan fingerprint density at radius 3 is 2.38 bits per heavy atom. The lowest BCUT2D eigenvalue weighted by molar-refractivity contribution is 0.0635. The molecule has 1 N–H and O–H groups in total. The lowest BCUT2D eigenvalue weighted by Crippen LogP contribution is -2.25. The zero-order chi connectivity index (χ0) is 17.4. The van der Waals surface area contributed by atoms with Crippen LogP contribution in [0.4, 0.5) is 5.69 Å². The second-order valence-corrected chi connectivity index (χ2v) is 5.97. The minimum Gasteiger partial charge on any atom is -0.378 e. The van der Waals surface area contributed by atoms with Gasteiger partial charge >= 0.3 is 0 Å². The Hall–Kier alpha value is -2.33. The maximum Gasteiger partial charge on any atom is 0.251 e. The first-order valence-electron chi connectivity index (χ1n) is 8.30. The van der Waals surface area contributed by atoms with Crippen molar-refractivity contribution < 1.29 is 9.53 Å². The van der Waals surface area contributed by atoms with Crippen LogP contribution in [0.1, 0.15) is 35.4 Å². The minimum absolute atomic E-state index is 0.0450. The summed E-state index contributed by atoms with van der Waals surface area (Å²) in [4.78, 5) is 14.1. The average Bonchev–Trinajstić information content (AvgIpc) is 2.62. The van der Waals surface area contributed by atoms with Gasteiger partial charge in [0.1, 0.15) is 0 Å². The van der Waals surface area contributed by atoms with Crippen molar-refractivity contribution in [1.29, 1.82) is 0 Å². The number of ether oxygens (including phenoxy) is 1. The highest BCUT2D eigenvalue weighted by Crippen LogP contribution is 2.16. The van der Waals surface area contributed by atoms with Crippen molar-refractivity contribution >= 4 is 11.6 Å². The van der Waals surface area contributed by atoms with Crippen LogP contribution in [0.5, 0.6) is 0 Å². The van der Waals surface area contributed by atoms with E-state index in [1.54, 1.807) is 0 Å². The molecule has 1 amide bonds. The Morgan fingerprint density at radius 1 is 1.08 bits per heavy atom. The summed E-state index contributed by atoms with van der Waals surface area (Å²) < 4.78 is 5.80. The van der Waals surface area contributed by atoms with Crippen molar-refractivity contribution in [3.05, 3.63) is 65.7 Å². The summed E-state index contributed by atoms with van der Waals surface area (Å²) in [6.45, 7) is 3.27. The first-order chi connectivity index (χ1) is 11.6. The zero-order valence-corrected chi connectivity index (χ0v) is 14.7. The monoisotopic (exact) mass is 326 g/mol. The second-order valence-electron chi connectivity index (χ2n) is 5.97. The van der Waals surface area contributed by atoms with E-state index in [1.165, 1.54) is 5.56 Å². The summed E-state index contributed by atoms with van der Waals surface area (Å²) in [5.41, 5.74) is 2.93. The van der Waals surface area contributed by atoms with Crippen molar-refractivity contribution in [2.45, 2.75) is 19.4 Å². The molecule has 0 aromatic heterocycles. The third-order valence-corrected chi connectivity index (χ3v) is 3.89. The number of carbonyl (C=O) groups excluding carboxylic acids is 1. The predicted octanol–water partition coefficient (Wildman–Crippen LogP) is 3.65. The normalized spacial score (nSPS) is 11.8. The van der Waals surface area contributed by atoms with Crippen LogP contribution >= 0.6 is 0 Å². The van der Waals surface area contributed by atoms with Gasteiger partial charge < -0.3 is 15.0 Å². The number of rotatable bonds is 8. The standard InChI is InChI=1S/C20H26N2O2/c1-16(17-8-5-4-6-9-17)24-15-7-14-21-20(23)18-10-12-19(13-11-18)22(2)3/h4-6,8-13,16H,7,14-15H2,1-3H3,(H,21,23). The topological polar surface area (TPSA) is 41.6 Å². The quantitative estimate of drug-likeness (QED) is 0.753. The molecule has 0 spiro atoms. The lowest BCUT2D eigenvalue weighted by Gasteiger charge is -2.14. The highest BCUT2D eigenvalue weighted by molar-refractivity contribution is 5.94. The number of anilines is 1. The van der Waals surface area contributed by atoms with Crippen LogP contribution in [-0.2, 0) is 4.74 Å². The highest BCUT2D eigenvalue weighted by Gasteiger charge is 2.07. The average molecular weight is 326 g/mol. The van der Waals surface area contributed by atoms with E-state index in [-0.39, 0.29) is 12.0 Å². The Labute approximate surface area is 144 Å². The van der Waals surface area contributed by atoms with Gasteiger partial charge in [-0.3, -0.25) is 4.79 Å². The third kappa shape index (κ3) is 5.39. The molecule has 0 aliphatic carbocycles. The molecule has 2 aromatic carbocycles. The fourth-order valence-electron chi connectivity index (χ4n) is 2.37. The molecule has 1 atom stereocenters. The van der Waals surface area contributed by atoms with E-state index in [9.17, 15) is 4.79 Å². The molecule has 0 heterocycles. The molecule has 0 radical (unpaired) electrons. The van der Waals surface area contributed by atoms with Crippen LogP contribution in [0.15, 0.2) is 54.6 Å². The molecule has 4 nitrogen and oxygen atoms in total. The molecule has 0 aliphatic rings. The molecule has 2 aromatic rings. The van der Waals surface area contributed by atoms with Gasteiger partial charge in [0.15, 0.2) is 0 Å². The Bertz CT molecular complexity index is 624. The van der Waals surface area contributed by atoms with E-state index in [4.69, 9.17) is 4.74 Å². The van der Waals surface area contributed by atoms with Gasteiger partial charge in [-0.25, -0.2) is 0 Å². The number of hydrogen-bond acceptors (Lipinski definition) is 3. The van der Waals surface area contributed by atoms with Gasteiger partial charge in [0, 0.05) is 38.5 Å². The van der Waals surface area contributed by atoms with E-state index < -0.39 is 0 Å². The summed E-state index contributed by atoms with van der Waals surface area (Å²) in [6, 6.07) is 17.7. The number of amides is 1. The van der Waals surface area contributed by atoms with Crippen molar-refractivity contribution in [3.8, 4) is 0 Å². The van der Waals surface area contributed by atoms with Gasteiger partial charge in [-0.1, -0.05) is 30.3 Å². The largest absolute Gasteiger partial charge is 0.378 e. The van der Waals surface area contributed by atoms with E-state index >= 15 is 0 Å². The number of benzene rings is 2. The van der Waals surface area contributed by atoms with E-state index in [1.807, 2.05) is 68.4 Å². The van der Waals surface area contributed by atoms with Crippen molar-refractivity contribution in [3.63, 3.8) is 0 Å². The molecule has 0 saturated heterocycles. The maximum absolute atomic E-state index is 12.1. The molecule has 1 unspecified atom stereocenters. The first-order valence-corrected chi connectivity index (χ1v) is 8.30. The molecule has 4 heteroatoms. The SMILES string of the molecule is CC(OCCCNC(=O)c1ccc(N(C)C)cc1)c1ccccc1. The maximum atomic E-state index is 12.1. The molecule has 0 bridgehead atoms. The number of nitrogens with zero attached hydrogens (tertiary/aromatic N) is 1. The van der Waals surface area contributed by atoms with Crippen LogP contribution in [-0.4, -0.2) is 33.2 Å². The third-order valence-electron chi connectivity index (χ3n) is 3.89. The second kappa shape index (κ2) is 9.08. The molecular weight excluding hydrogens is 300 g/mol. The summed E-state index contributed by atoms with van der Waals surface area (Å²) in [6.07, 6.45) is 0.860. The Morgan fingerprint density at radius 2 is 1.75 bits per heavy atom. The molecule has 0 saturated carbocycles. The van der Waals surface area contributed by atoms with Crippen molar-refractivity contribution in [1.82, 2.24) is 5.32 Å². The van der Waals surface area contributed by atoms with E-state index in [0.717, 1.165) is 12.1 Å². The van der Waals surface area contributed by atoms with Crippen LogP contribution < -0.4 is 10.2 Å². The van der Waals surface area contributed by atoms with Crippen LogP contribution in [0.2, 0.25) is 0 Å². The summed E-state index contributed by atoms with van der Waals surface area (Å²) in [7, 11) is 3.96. The highest BCUT2D eigenvalue weighted by atomic mass is 16.5. The van der Waals surface area contributed by atoms with Crippen LogP contribution in [0, 0.1) is 0 Å². The van der Waals surface area contributed by atoms with E-state index in [0.29, 0.717) is 18.7 Å². The van der Waals surface area contributed by atoms with Gasteiger partial charge in [-0.2, -0.15) is 0 Å². The summed E-state index contributed by atoms with van der Waals surface area (Å²) in [5, 5.41) is 2.93. The summed E-state index contributed by atoms with van der Waals surface area (Å²) in [5.74, 6) is -0.0450. The number of nitrogens with one attached hydrogen (secondary N) is 1. The zero-order valence-electron chi connectivity index (χ0n) is 14.7. The molecule has 128 valence electrons. The van der Waals surface area contributed by atoms with Crippen LogP contribution in [0.25, 0.3) is 0 Å². The van der Waals surface area contributed by atoms with Gasteiger partial charge in [0.2, 0.25) is 0 Å². The number of hydrogen-bond donors (Lipinski definition) is 1. The Balaban J connectivity index is 1.67. The van der Waals surface area contributed by atoms with Gasteiger partial charge in [-0.05, 0) is 43.2 Å². The van der Waals surface area contributed by atoms with Gasteiger partial charge in [-0.15, -0.1) is 0 Å². The fraction of sp³-hybridized carbons (Fsp3) is 0.350.